The summed E-state index contributed by atoms with van der Waals surface area (Å²) in [6, 6.07) is 8.99. The Balaban J connectivity index is 2.26. The minimum atomic E-state index is -3.81. The minimum Gasteiger partial charge on any atom is -0.328 e. The lowest BCUT2D eigenvalue weighted by atomic mass is 10.0. The van der Waals surface area contributed by atoms with Gasteiger partial charge in [-0.05, 0) is 43.2 Å². The van der Waals surface area contributed by atoms with Crippen LogP contribution in [-0.2, 0) is 23.0 Å². The number of nitrogens with zero attached hydrogens (tertiary/aromatic N) is 1. The number of unbranched alkanes of at least 4 members (excludes halogenated alkanes) is 2. The van der Waals surface area contributed by atoms with Gasteiger partial charge in [-0.3, -0.25) is 4.55 Å². The van der Waals surface area contributed by atoms with Crippen LogP contribution in [-0.4, -0.2) is 50.4 Å². The largest absolute Gasteiger partial charge is 0.328 e. The molecule has 0 aromatic heterocycles. The van der Waals surface area contributed by atoms with Crippen LogP contribution in [0.5, 0.6) is 0 Å². The molecule has 1 rings (SSSR count). The first-order chi connectivity index (χ1) is 11.2. The summed E-state index contributed by atoms with van der Waals surface area (Å²) in [5.74, 6) is -0.128. The number of hydrogen-bond acceptors (Lipinski definition) is 2. The van der Waals surface area contributed by atoms with Crippen molar-refractivity contribution >= 4 is 10.1 Å². The molecule has 0 fully saturated rings. The molecule has 1 aromatic rings. The monoisotopic (exact) mass is 356 g/mol. The zero-order valence-corrected chi connectivity index (χ0v) is 16.3. The standard InChI is InChI=1S/C19H33NO3S/c1-4-5-9-18-11-13-19(14-12-18)10-8-16-20(2,3)15-6-7-17-24(21,22)23/h11-14H,4-10,15-17H2,1-3H3/p+1. The second-order valence-corrected chi connectivity index (χ2v) is 8.97. The summed E-state index contributed by atoms with van der Waals surface area (Å²) in [5, 5.41) is 0. The fraction of sp³-hybridized carbons (Fsp3) is 0.684. The van der Waals surface area contributed by atoms with Crippen molar-refractivity contribution in [1.82, 2.24) is 0 Å². The Bertz CT molecular complexity index is 565. The van der Waals surface area contributed by atoms with Crippen LogP contribution in [0.4, 0.5) is 0 Å². The topological polar surface area (TPSA) is 54.4 Å². The summed E-state index contributed by atoms with van der Waals surface area (Å²) in [5.41, 5.74) is 2.82. The van der Waals surface area contributed by atoms with Crippen molar-refractivity contribution in [3.63, 3.8) is 0 Å². The van der Waals surface area contributed by atoms with E-state index >= 15 is 0 Å². The minimum absolute atomic E-state index is 0.128. The van der Waals surface area contributed by atoms with Gasteiger partial charge in [0.15, 0.2) is 0 Å². The molecule has 0 aliphatic rings. The molecule has 0 saturated heterocycles. The highest BCUT2D eigenvalue weighted by atomic mass is 32.2. The van der Waals surface area contributed by atoms with Gasteiger partial charge in [0.2, 0.25) is 0 Å². The van der Waals surface area contributed by atoms with E-state index < -0.39 is 10.1 Å². The molecule has 5 heteroatoms. The van der Waals surface area contributed by atoms with Gasteiger partial charge in [0.25, 0.3) is 10.1 Å². The van der Waals surface area contributed by atoms with E-state index in [9.17, 15) is 8.42 Å². The van der Waals surface area contributed by atoms with Crippen LogP contribution in [0.2, 0.25) is 0 Å². The average Bonchev–Trinajstić information content (AvgIpc) is 2.50. The zero-order valence-electron chi connectivity index (χ0n) is 15.5. The number of benzene rings is 1. The molecule has 0 spiro atoms. The molecule has 0 aliphatic heterocycles. The molecule has 0 unspecified atom stereocenters. The van der Waals surface area contributed by atoms with Crippen LogP contribution in [0.1, 0.15) is 50.2 Å². The Morgan fingerprint density at radius 2 is 1.38 bits per heavy atom. The first-order valence-electron chi connectivity index (χ1n) is 9.07. The third-order valence-corrected chi connectivity index (χ3v) is 5.29. The van der Waals surface area contributed by atoms with Crippen LogP contribution in [0.3, 0.4) is 0 Å². The quantitative estimate of drug-likeness (QED) is 0.353. The molecular weight excluding hydrogens is 322 g/mol. The van der Waals surface area contributed by atoms with Crippen molar-refractivity contribution in [2.75, 3.05) is 32.9 Å². The molecule has 4 nitrogen and oxygen atoms in total. The van der Waals surface area contributed by atoms with Gasteiger partial charge in [-0.1, -0.05) is 37.6 Å². The highest BCUT2D eigenvalue weighted by molar-refractivity contribution is 7.85. The van der Waals surface area contributed by atoms with E-state index in [0.29, 0.717) is 6.42 Å². The molecule has 0 aliphatic carbocycles. The highest BCUT2D eigenvalue weighted by Crippen LogP contribution is 2.11. The van der Waals surface area contributed by atoms with E-state index in [-0.39, 0.29) is 5.75 Å². The van der Waals surface area contributed by atoms with Gasteiger partial charge < -0.3 is 4.48 Å². The molecule has 138 valence electrons. The molecule has 0 bridgehead atoms. The summed E-state index contributed by atoms with van der Waals surface area (Å²) >= 11 is 0. The molecule has 0 amide bonds. The van der Waals surface area contributed by atoms with Crippen molar-refractivity contribution in [3.8, 4) is 0 Å². The molecule has 0 saturated carbocycles. The predicted octanol–water partition coefficient (Wildman–Crippen LogP) is 3.71. The second kappa shape index (κ2) is 10.2. The Morgan fingerprint density at radius 3 is 1.88 bits per heavy atom. The Labute approximate surface area is 148 Å². The van der Waals surface area contributed by atoms with E-state index in [1.54, 1.807) is 0 Å². The predicted molar refractivity (Wildman–Crippen MR) is 101 cm³/mol. The van der Waals surface area contributed by atoms with E-state index in [1.807, 2.05) is 0 Å². The van der Waals surface area contributed by atoms with Crippen molar-refractivity contribution in [2.24, 2.45) is 0 Å². The number of hydrogen-bond donors (Lipinski definition) is 1. The fourth-order valence-corrected chi connectivity index (χ4v) is 3.47. The smallest absolute Gasteiger partial charge is 0.264 e. The van der Waals surface area contributed by atoms with Gasteiger partial charge in [0.1, 0.15) is 0 Å². The lowest BCUT2D eigenvalue weighted by Gasteiger charge is -2.30. The molecule has 0 atom stereocenters. The first kappa shape index (κ1) is 21.1. The maximum atomic E-state index is 10.7. The first-order valence-corrected chi connectivity index (χ1v) is 10.7. The summed E-state index contributed by atoms with van der Waals surface area (Å²) in [6.45, 7) is 4.23. The van der Waals surface area contributed by atoms with Crippen LogP contribution in [0.15, 0.2) is 24.3 Å². The molecule has 24 heavy (non-hydrogen) atoms. The maximum Gasteiger partial charge on any atom is 0.264 e. The van der Waals surface area contributed by atoms with Crippen LogP contribution in [0, 0.1) is 0 Å². The van der Waals surface area contributed by atoms with Gasteiger partial charge in [-0.2, -0.15) is 8.42 Å². The molecular formula is C19H34NO3S+. The summed E-state index contributed by atoms with van der Waals surface area (Å²) in [7, 11) is 0.552. The van der Waals surface area contributed by atoms with Crippen LogP contribution < -0.4 is 0 Å². The van der Waals surface area contributed by atoms with Gasteiger partial charge in [0, 0.05) is 6.42 Å². The van der Waals surface area contributed by atoms with Crippen molar-refractivity contribution in [2.45, 2.75) is 51.9 Å². The molecule has 1 aromatic carbocycles. The van der Waals surface area contributed by atoms with Gasteiger partial charge in [-0.15, -0.1) is 0 Å². The summed E-state index contributed by atoms with van der Waals surface area (Å²) in [6.07, 6.45) is 7.21. The van der Waals surface area contributed by atoms with Crippen molar-refractivity contribution in [1.29, 1.82) is 0 Å². The molecule has 0 radical (unpaired) electrons. The van der Waals surface area contributed by atoms with E-state index in [2.05, 4.69) is 45.3 Å². The van der Waals surface area contributed by atoms with Gasteiger partial charge >= 0.3 is 0 Å². The van der Waals surface area contributed by atoms with Crippen LogP contribution >= 0.6 is 0 Å². The average molecular weight is 357 g/mol. The zero-order chi connectivity index (χ0) is 18.1. The third-order valence-electron chi connectivity index (χ3n) is 4.49. The van der Waals surface area contributed by atoms with Gasteiger partial charge in [-0.25, -0.2) is 0 Å². The van der Waals surface area contributed by atoms with E-state index in [0.717, 1.165) is 36.8 Å². The SMILES string of the molecule is CCCCc1ccc(CCC[N+](C)(C)CCCCS(=O)(=O)O)cc1. The Morgan fingerprint density at radius 1 is 0.875 bits per heavy atom. The van der Waals surface area contributed by atoms with E-state index in [1.165, 1.54) is 30.4 Å². The number of rotatable bonds is 12. The Kier molecular flexibility index (Phi) is 8.95. The lowest BCUT2D eigenvalue weighted by Crippen LogP contribution is -2.41. The molecule has 1 N–H and O–H groups in total. The molecule has 0 heterocycles. The van der Waals surface area contributed by atoms with Gasteiger partial charge in [0.05, 0.1) is 32.9 Å². The van der Waals surface area contributed by atoms with Crippen molar-refractivity contribution in [3.05, 3.63) is 35.4 Å². The summed E-state index contributed by atoms with van der Waals surface area (Å²) in [4.78, 5) is 0. The lowest BCUT2D eigenvalue weighted by molar-refractivity contribution is -0.890. The van der Waals surface area contributed by atoms with Crippen molar-refractivity contribution < 1.29 is 17.5 Å². The Hall–Kier alpha value is -0.910. The van der Waals surface area contributed by atoms with E-state index in [4.69, 9.17) is 4.55 Å². The number of quaternary nitrogens is 1. The normalized spacial score (nSPS) is 12.5. The highest BCUT2D eigenvalue weighted by Gasteiger charge is 2.15. The van der Waals surface area contributed by atoms with Crippen LogP contribution in [0.25, 0.3) is 0 Å². The second-order valence-electron chi connectivity index (χ2n) is 7.40. The maximum absolute atomic E-state index is 10.7. The number of aryl methyl sites for hydroxylation is 2. The third kappa shape index (κ3) is 10.1. The fourth-order valence-electron chi connectivity index (χ4n) is 2.90. The summed E-state index contributed by atoms with van der Waals surface area (Å²) < 4.78 is 31.1.